The van der Waals surface area contributed by atoms with Crippen LogP contribution in [0, 0.1) is 0 Å². The molecule has 1 saturated heterocycles. The fourth-order valence-electron chi connectivity index (χ4n) is 1.31. The van der Waals surface area contributed by atoms with E-state index in [9.17, 15) is 0 Å². The van der Waals surface area contributed by atoms with Gasteiger partial charge in [0.25, 0.3) is 0 Å². The van der Waals surface area contributed by atoms with Crippen LogP contribution in [-0.2, 0) is 4.84 Å². The van der Waals surface area contributed by atoms with E-state index >= 15 is 0 Å². The van der Waals surface area contributed by atoms with Gasteiger partial charge in [0.2, 0.25) is 0 Å². The Morgan fingerprint density at radius 3 is 2.62 bits per heavy atom. The Morgan fingerprint density at radius 1 is 1.46 bits per heavy atom. The first-order valence-electron chi connectivity index (χ1n) is 4.51. The van der Waals surface area contributed by atoms with Crippen LogP contribution in [0.5, 0.6) is 0 Å². The Morgan fingerprint density at radius 2 is 2.08 bits per heavy atom. The maximum Gasteiger partial charge on any atom is 0.106 e. The highest BCUT2D eigenvalue weighted by Gasteiger charge is 2.29. The summed E-state index contributed by atoms with van der Waals surface area (Å²) in [5.41, 5.74) is 1.09. The standard InChI is InChI=1S/C9H17NOS2/c1-8(10-11-3)4-5-9(2)12-6-7-13-9/h4-7H2,1-3H3/b10-8+. The quantitative estimate of drug-likeness (QED) is 0.536. The van der Waals surface area contributed by atoms with Gasteiger partial charge in [-0.15, -0.1) is 23.5 Å². The molecule has 1 fully saturated rings. The molecule has 0 N–H and O–H groups in total. The first kappa shape index (κ1) is 11.2. The Balaban J connectivity index is 2.28. The van der Waals surface area contributed by atoms with Crippen LogP contribution >= 0.6 is 23.5 Å². The molecule has 0 aromatic heterocycles. The summed E-state index contributed by atoms with van der Waals surface area (Å²) in [4.78, 5) is 4.73. The van der Waals surface area contributed by atoms with E-state index in [0.717, 1.165) is 12.1 Å². The average Bonchev–Trinajstić information content (AvgIpc) is 2.51. The minimum atomic E-state index is 0.421. The van der Waals surface area contributed by atoms with Gasteiger partial charge in [-0.2, -0.15) is 0 Å². The van der Waals surface area contributed by atoms with Crippen LogP contribution in [0.3, 0.4) is 0 Å². The second-order valence-corrected chi connectivity index (χ2v) is 6.79. The molecule has 0 amide bonds. The van der Waals surface area contributed by atoms with Crippen molar-refractivity contribution >= 4 is 29.2 Å². The SMILES string of the molecule is CO/N=C(\C)CCC1(C)SCCS1. The minimum absolute atomic E-state index is 0.421. The fourth-order valence-corrected chi connectivity index (χ4v) is 4.17. The first-order valence-corrected chi connectivity index (χ1v) is 6.48. The molecule has 2 nitrogen and oxygen atoms in total. The van der Waals surface area contributed by atoms with E-state index in [2.05, 4.69) is 35.6 Å². The molecule has 4 heteroatoms. The van der Waals surface area contributed by atoms with E-state index in [4.69, 9.17) is 4.84 Å². The van der Waals surface area contributed by atoms with Crippen molar-refractivity contribution in [3.05, 3.63) is 0 Å². The molecule has 0 radical (unpaired) electrons. The lowest BCUT2D eigenvalue weighted by molar-refractivity contribution is 0.212. The fraction of sp³-hybridized carbons (Fsp3) is 0.889. The molecule has 0 aromatic rings. The molecular weight excluding hydrogens is 202 g/mol. The van der Waals surface area contributed by atoms with Gasteiger partial charge in [-0.25, -0.2) is 0 Å². The highest BCUT2D eigenvalue weighted by molar-refractivity contribution is 8.21. The minimum Gasteiger partial charge on any atom is -0.399 e. The Labute approximate surface area is 88.9 Å². The van der Waals surface area contributed by atoms with Gasteiger partial charge in [0, 0.05) is 11.5 Å². The second-order valence-electron chi connectivity index (χ2n) is 3.34. The molecule has 0 spiro atoms. The number of hydrogen-bond acceptors (Lipinski definition) is 4. The molecule has 13 heavy (non-hydrogen) atoms. The first-order chi connectivity index (χ1) is 6.16. The van der Waals surface area contributed by atoms with Crippen LogP contribution in [0.15, 0.2) is 5.16 Å². The summed E-state index contributed by atoms with van der Waals surface area (Å²) in [6.45, 7) is 4.35. The van der Waals surface area contributed by atoms with Crippen molar-refractivity contribution in [3.8, 4) is 0 Å². The highest BCUT2D eigenvalue weighted by atomic mass is 32.2. The summed E-state index contributed by atoms with van der Waals surface area (Å²) in [6.07, 6.45) is 2.24. The van der Waals surface area contributed by atoms with Gasteiger partial charge in [0.15, 0.2) is 0 Å². The molecule has 0 aliphatic carbocycles. The van der Waals surface area contributed by atoms with Crippen molar-refractivity contribution in [1.82, 2.24) is 0 Å². The maximum atomic E-state index is 4.73. The van der Waals surface area contributed by atoms with Crippen LogP contribution in [0.25, 0.3) is 0 Å². The normalized spacial score (nSPS) is 21.9. The summed E-state index contributed by atoms with van der Waals surface area (Å²) >= 11 is 4.14. The lowest BCUT2D eigenvalue weighted by atomic mass is 10.2. The van der Waals surface area contributed by atoms with Crippen molar-refractivity contribution in [1.29, 1.82) is 0 Å². The Kier molecular flexibility index (Phi) is 4.46. The van der Waals surface area contributed by atoms with E-state index in [-0.39, 0.29) is 0 Å². The molecule has 1 heterocycles. The zero-order valence-electron chi connectivity index (χ0n) is 8.50. The Bertz CT molecular complexity index is 188. The van der Waals surface area contributed by atoms with Crippen molar-refractivity contribution < 1.29 is 4.84 Å². The topological polar surface area (TPSA) is 21.6 Å². The smallest absolute Gasteiger partial charge is 0.106 e. The summed E-state index contributed by atoms with van der Waals surface area (Å²) in [7, 11) is 1.60. The van der Waals surface area contributed by atoms with Crippen molar-refractivity contribution in [2.75, 3.05) is 18.6 Å². The van der Waals surface area contributed by atoms with Crippen LogP contribution < -0.4 is 0 Å². The molecule has 0 saturated carbocycles. The number of rotatable bonds is 4. The van der Waals surface area contributed by atoms with Gasteiger partial charge in [0.1, 0.15) is 7.11 Å². The van der Waals surface area contributed by atoms with Crippen LogP contribution in [0.2, 0.25) is 0 Å². The maximum absolute atomic E-state index is 4.73. The molecule has 0 bridgehead atoms. The van der Waals surface area contributed by atoms with Gasteiger partial charge in [0.05, 0.1) is 9.79 Å². The lowest BCUT2D eigenvalue weighted by Crippen LogP contribution is -2.12. The van der Waals surface area contributed by atoms with Crippen molar-refractivity contribution in [3.63, 3.8) is 0 Å². The van der Waals surface area contributed by atoms with Crippen LogP contribution in [0.1, 0.15) is 26.7 Å². The van der Waals surface area contributed by atoms with Crippen LogP contribution in [-0.4, -0.2) is 28.4 Å². The zero-order chi connectivity index (χ0) is 9.73. The number of oxime groups is 1. The van der Waals surface area contributed by atoms with Gasteiger partial charge in [-0.1, -0.05) is 5.16 Å². The van der Waals surface area contributed by atoms with Gasteiger partial charge >= 0.3 is 0 Å². The molecule has 1 aliphatic rings. The number of hydrogen-bond donors (Lipinski definition) is 0. The monoisotopic (exact) mass is 219 g/mol. The van der Waals surface area contributed by atoms with Gasteiger partial charge in [-0.3, -0.25) is 0 Å². The van der Waals surface area contributed by atoms with E-state index in [1.165, 1.54) is 17.9 Å². The third-order valence-corrected chi connectivity index (χ3v) is 5.50. The molecule has 1 rings (SSSR count). The summed E-state index contributed by atoms with van der Waals surface area (Å²) in [5.74, 6) is 2.59. The van der Waals surface area contributed by atoms with Crippen molar-refractivity contribution in [2.24, 2.45) is 5.16 Å². The predicted molar refractivity (Wildman–Crippen MR) is 62.7 cm³/mol. The van der Waals surface area contributed by atoms with Crippen molar-refractivity contribution in [2.45, 2.75) is 30.8 Å². The predicted octanol–water partition coefficient (Wildman–Crippen LogP) is 2.99. The molecule has 0 unspecified atom stereocenters. The highest BCUT2D eigenvalue weighted by Crippen LogP contribution is 2.46. The van der Waals surface area contributed by atoms with Gasteiger partial charge < -0.3 is 4.84 Å². The lowest BCUT2D eigenvalue weighted by Gasteiger charge is -2.20. The molecule has 0 aromatic carbocycles. The number of thioether (sulfide) groups is 2. The zero-order valence-corrected chi connectivity index (χ0v) is 10.1. The molecule has 0 atom stereocenters. The number of nitrogens with zero attached hydrogens (tertiary/aromatic N) is 1. The second kappa shape index (κ2) is 5.15. The average molecular weight is 219 g/mol. The summed E-state index contributed by atoms with van der Waals surface area (Å²) < 4.78 is 0.421. The van der Waals surface area contributed by atoms with E-state index in [1.54, 1.807) is 7.11 Å². The Hall–Kier alpha value is 0.170. The van der Waals surface area contributed by atoms with E-state index in [0.29, 0.717) is 4.08 Å². The largest absolute Gasteiger partial charge is 0.399 e. The van der Waals surface area contributed by atoms with E-state index in [1.807, 2.05) is 6.92 Å². The molecule has 1 aliphatic heterocycles. The van der Waals surface area contributed by atoms with E-state index < -0.39 is 0 Å². The molecular formula is C9H17NOS2. The summed E-state index contributed by atoms with van der Waals surface area (Å²) in [6, 6.07) is 0. The third kappa shape index (κ3) is 3.81. The third-order valence-electron chi connectivity index (χ3n) is 2.09. The molecule has 76 valence electrons. The summed E-state index contributed by atoms with van der Waals surface area (Å²) in [5, 5.41) is 3.91. The van der Waals surface area contributed by atoms with Gasteiger partial charge in [-0.05, 0) is 26.7 Å². The van der Waals surface area contributed by atoms with Crippen LogP contribution in [0.4, 0.5) is 0 Å².